The maximum atomic E-state index is 6.21. The number of benzene rings is 1. The van der Waals surface area contributed by atoms with Gasteiger partial charge in [-0.3, -0.25) is 0 Å². The van der Waals surface area contributed by atoms with Gasteiger partial charge in [-0.25, -0.2) is 9.97 Å². The van der Waals surface area contributed by atoms with E-state index in [1.807, 2.05) is 31.2 Å². The number of rotatable bonds is 4. The molecular weight excluding hydrogens is 292 g/mol. The molecule has 0 aliphatic heterocycles. The molecule has 0 saturated heterocycles. The number of hydrogen-bond acceptors (Lipinski definition) is 4. The Bertz CT molecular complexity index is 617. The molecule has 0 atom stereocenters. The van der Waals surface area contributed by atoms with Crippen LogP contribution in [-0.4, -0.2) is 17.1 Å². The summed E-state index contributed by atoms with van der Waals surface area (Å²) < 4.78 is 5.37. The Balaban J connectivity index is 2.42. The molecule has 2 aromatic rings. The third-order valence-electron chi connectivity index (χ3n) is 2.85. The van der Waals surface area contributed by atoms with Crippen LogP contribution in [0.1, 0.15) is 31.2 Å². The number of para-hydroxylation sites is 1. The normalized spacial score (nSPS) is 10.9. The van der Waals surface area contributed by atoms with Crippen LogP contribution in [0.25, 0.3) is 0 Å². The van der Waals surface area contributed by atoms with Crippen molar-refractivity contribution in [3.63, 3.8) is 0 Å². The molecule has 0 spiro atoms. The molecule has 0 amide bonds. The van der Waals surface area contributed by atoms with E-state index < -0.39 is 0 Å². The van der Waals surface area contributed by atoms with Crippen molar-refractivity contribution in [3.05, 3.63) is 40.8 Å². The average molecular weight is 309 g/mol. The summed E-state index contributed by atoms with van der Waals surface area (Å²) in [5.41, 5.74) is 0.895. The van der Waals surface area contributed by atoms with E-state index in [0.717, 1.165) is 27.1 Å². The van der Waals surface area contributed by atoms with Crippen LogP contribution in [0, 0.1) is 6.92 Å². The number of halogens is 1. The van der Waals surface area contributed by atoms with Crippen molar-refractivity contribution >= 4 is 23.4 Å². The van der Waals surface area contributed by atoms with Gasteiger partial charge < -0.3 is 4.74 Å². The van der Waals surface area contributed by atoms with Gasteiger partial charge in [-0.2, -0.15) is 0 Å². The maximum absolute atomic E-state index is 6.21. The SMILES string of the molecule is COc1ccccc1Sc1nc(C(C)C)nc(Cl)c1C. The van der Waals surface area contributed by atoms with Gasteiger partial charge in [0.2, 0.25) is 0 Å². The number of methoxy groups -OCH3 is 1. The summed E-state index contributed by atoms with van der Waals surface area (Å²) in [7, 11) is 1.67. The lowest BCUT2D eigenvalue weighted by Gasteiger charge is -2.12. The van der Waals surface area contributed by atoms with Crippen molar-refractivity contribution in [2.75, 3.05) is 7.11 Å². The molecule has 0 radical (unpaired) electrons. The summed E-state index contributed by atoms with van der Waals surface area (Å²) in [5.74, 6) is 1.83. The summed E-state index contributed by atoms with van der Waals surface area (Å²) >= 11 is 7.76. The van der Waals surface area contributed by atoms with E-state index in [4.69, 9.17) is 16.3 Å². The predicted octanol–water partition coefficient (Wildman–Crippen LogP) is 4.72. The van der Waals surface area contributed by atoms with Crippen LogP contribution < -0.4 is 4.74 Å². The monoisotopic (exact) mass is 308 g/mol. The van der Waals surface area contributed by atoms with Crippen molar-refractivity contribution in [1.82, 2.24) is 9.97 Å². The lowest BCUT2D eigenvalue weighted by Crippen LogP contribution is -2.01. The first-order chi connectivity index (χ1) is 9.52. The van der Waals surface area contributed by atoms with Crippen LogP contribution >= 0.6 is 23.4 Å². The fourth-order valence-corrected chi connectivity index (χ4v) is 2.88. The highest BCUT2D eigenvalue weighted by atomic mass is 35.5. The second-order valence-corrected chi connectivity index (χ2v) is 6.10. The standard InChI is InChI=1S/C15H17ClN2OS/c1-9(2)14-17-13(16)10(3)15(18-14)20-12-8-6-5-7-11(12)19-4/h5-9H,1-4H3. The van der Waals surface area contributed by atoms with Crippen LogP contribution in [0.5, 0.6) is 5.75 Å². The lowest BCUT2D eigenvalue weighted by atomic mass is 10.2. The van der Waals surface area contributed by atoms with Gasteiger partial charge in [-0.15, -0.1) is 0 Å². The molecule has 1 aromatic carbocycles. The van der Waals surface area contributed by atoms with E-state index in [-0.39, 0.29) is 5.92 Å². The van der Waals surface area contributed by atoms with E-state index in [1.165, 1.54) is 0 Å². The van der Waals surface area contributed by atoms with Crippen molar-refractivity contribution < 1.29 is 4.74 Å². The zero-order chi connectivity index (χ0) is 14.7. The van der Waals surface area contributed by atoms with Crippen molar-refractivity contribution in [2.45, 2.75) is 36.6 Å². The molecule has 0 fully saturated rings. The molecule has 0 saturated carbocycles. The molecule has 5 heteroatoms. The van der Waals surface area contributed by atoms with E-state index >= 15 is 0 Å². The van der Waals surface area contributed by atoms with Gasteiger partial charge in [0.25, 0.3) is 0 Å². The molecule has 0 bridgehead atoms. The first-order valence-electron chi connectivity index (χ1n) is 6.37. The molecule has 2 rings (SSSR count). The van der Waals surface area contributed by atoms with Gasteiger partial charge in [0.15, 0.2) is 0 Å². The largest absolute Gasteiger partial charge is 0.496 e. The molecule has 106 valence electrons. The Kier molecular flexibility index (Phi) is 4.89. The highest BCUT2D eigenvalue weighted by Gasteiger charge is 2.14. The van der Waals surface area contributed by atoms with Crippen LogP contribution in [0.15, 0.2) is 34.2 Å². The lowest BCUT2D eigenvalue weighted by molar-refractivity contribution is 0.405. The third-order valence-corrected chi connectivity index (χ3v) is 4.37. The Hall–Kier alpha value is -1.26. The van der Waals surface area contributed by atoms with E-state index in [0.29, 0.717) is 5.15 Å². The minimum atomic E-state index is 0.241. The van der Waals surface area contributed by atoms with Crippen molar-refractivity contribution in [2.24, 2.45) is 0 Å². The van der Waals surface area contributed by atoms with Crippen molar-refractivity contribution in [3.8, 4) is 5.75 Å². The maximum Gasteiger partial charge on any atom is 0.136 e. The molecular formula is C15H17ClN2OS. The van der Waals surface area contributed by atoms with Gasteiger partial charge in [-0.1, -0.05) is 49.3 Å². The molecule has 3 nitrogen and oxygen atoms in total. The van der Waals surface area contributed by atoms with Gasteiger partial charge in [0.1, 0.15) is 21.8 Å². The zero-order valence-electron chi connectivity index (χ0n) is 12.0. The Morgan fingerprint density at radius 3 is 2.55 bits per heavy atom. The van der Waals surface area contributed by atoms with Gasteiger partial charge in [-0.05, 0) is 19.1 Å². The fraction of sp³-hybridized carbons (Fsp3) is 0.333. The molecule has 1 heterocycles. The Morgan fingerprint density at radius 1 is 1.20 bits per heavy atom. The summed E-state index contributed by atoms with van der Waals surface area (Å²) in [5, 5.41) is 1.39. The van der Waals surface area contributed by atoms with Gasteiger partial charge >= 0.3 is 0 Å². The Labute approximate surface area is 128 Å². The third kappa shape index (κ3) is 3.25. The number of nitrogens with zero attached hydrogens (tertiary/aromatic N) is 2. The zero-order valence-corrected chi connectivity index (χ0v) is 13.5. The predicted molar refractivity (Wildman–Crippen MR) is 83.0 cm³/mol. The average Bonchev–Trinajstić information content (AvgIpc) is 2.44. The summed E-state index contributed by atoms with van der Waals surface area (Å²) in [6.07, 6.45) is 0. The van der Waals surface area contributed by atoms with Crippen molar-refractivity contribution in [1.29, 1.82) is 0 Å². The smallest absolute Gasteiger partial charge is 0.136 e. The first kappa shape index (κ1) is 15.1. The quantitative estimate of drug-likeness (QED) is 0.765. The number of hydrogen-bond donors (Lipinski definition) is 0. The molecule has 0 unspecified atom stereocenters. The molecule has 1 aromatic heterocycles. The molecule has 0 N–H and O–H groups in total. The van der Waals surface area contributed by atoms with Crippen LogP contribution in [-0.2, 0) is 0 Å². The second-order valence-electron chi connectivity index (χ2n) is 4.71. The number of ether oxygens (including phenoxy) is 1. The fourth-order valence-electron chi connectivity index (χ4n) is 1.65. The topological polar surface area (TPSA) is 35.0 Å². The summed E-state index contributed by atoms with van der Waals surface area (Å²) in [6.45, 7) is 6.04. The van der Waals surface area contributed by atoms with Gasteiger partial charge in [0, 0.05) is 11.5 Å². The van der Waals surface area contributed by atoms with Crippen LogP contribution in [0.2, 0.25) is 5.15 Å². The van der Waals surface area contributed by atoms with E-state index in [9.17, 15) is 0 Å². The molecule has 0 aliphatic rings. The molecule has 0 aliphatic carbocycles. The first-order valence-corrected chi connectivity index (χ1v) is 7.57. The second kappa shape index (κ2) is 6.46. The highest BCUT2D eigenvalue weighted by Crippen LogP contribution is 2.36. The van der Waals surface area contributed by atoms with Gasteiger partial charge in [0.05, 0.1) is 12.0 Å². The molecule has 20 heavy (non-hydrogen) atoms. The van der Waals surface area contributed by atoms with Crippen LogP contribution in [0.4, 0.5) is 0 Å². The Morgan fingerprint density at radius 2 is 1.90 bits per heavy atom. The van der Waals surface area contributed by atoms with E-state index in [2.05, 4.69) is 23.8 Å². The summed E-state index contributed by atoms with van der Waals surface area (Å²) in [6, 6.07) is 7.87. The summed E-state index contributed by atoms with van der Waals surface area (Å²) in [4.78, 5) is 9.96. The highest BCUT2D eigenvalue weighted by molar-refractivity contribution is 7.99. The minimum Gasteiger partial charge on any atom is -0.496 e. The van der Waals surface area contributed by atoms with E-state index in [1.54, 1.807) is 18.9 Å². The minimum absolute atomic E-state index is 0.241. The number of aromatic nitrogens is 2. The van der Waals surface area contributed by atoms with Crippen LogP contribution in [0.3, 0.4) is 0 Å².